The van der Waals surface area contributed by atoms with E-state index in [1.807, 2.05) is 49.3 Å². The molecular weight excluding hydrogens is 244 g/mol. The predicted octanol–water partition coefficient (Wildman–Crippen LogP) is 0.969. The Morgan fingerprint density at radius 3 is 2.42 bits per heavy atom. The normalized spacial score (nSPS) is 12.0. The maximum atomic E-state index is 12.1. The molecule has 1 atom stereocenters. The Morgan fingerprint density at radius 2 is 1.89 bits per heavy atom. The van der Waals surface area contributed by atoms with E-state index >= 15 is 0 Å². The van der Waals surface area contributed by atoms with Crippen LogP contribution in [0.5, 0.6) is 0 Å². The van der Waals surface area contributed by atoms with Crippen LogP contribution in [0.4, 0.5) is 0 Å². The molecule has 1 rings (SSSR count). The average molecular weight is 264 g/mol. The van der Waals surface area contributed by atoms with Crippen molar-refractivity contribution in [1.29, 1.82) is 0 Å². The number of benzene rings is 1. The lowest BCUT2D eigenvalue weighted by Crippen LogP contribution is -2.38. The number of nitrogens with zero attached hydrogens (tertiary/aromatic N) is 1. The smallest absolute Gasteiger partial charge is 0.302 e. The summed E-state index contributed by atoms with van der Waals surface area (Å²) in [5.41, 5.74) is 0.928. The summed E-state index contributed by atoms with van der Waals surface area (Å²) in [5, 5.41) is 2.76. The lowest BCUT2D eigenvalue weighted by molar-refractivity contribution is -0.141. The molecule has 1 aromatic carbocycles. The number of carbonyl (C=O) groups excluding carboxylic acids is 2. The summed E-state index contributed by atoms with van der Waals surface area (Å²) in [4.78, 5) is 24.6. The van der Waals surface area contributed by atoms with Gasteiger partial charge >= 0.3 is 5.97 Å². The van der Waals surface area contributed by atoms with Gasteiger partial charge in [0.1, 0.15) is 12.6 Å². The van der Waals surface area contributed by atoms with Crippen LogP contribution in [0.15, 0.2) is 30.3 Å². The van der Waals surface area contributed by atoms with E-state index in [1.54, 1.807) is 0 Å². The Kier molecular flexibility index (Phi) is 6.02. The molecule has 19 heavy (non-hydrogen) atoms. The first-order chi connectivity index (χ1) is 9.02. The number of hydrogen-bond acceptors (Lipinski definition) is 4. The fourth-order valence-corrected chi connectivity index (χ4v) is 1.79. The monoisotopic (exact) mass is 264 g/mol. The molecule has 5 heteroatoms. The second-order valence-electron chi connectivity index (χ2n) is 4.41. The van der Waals surface area contributed by atoms with Crippen LogP contribution >= 0.6 is 0 Å². The van der Waals surface area contributed by atoms with Crippen LogP contribution in [-0.4, -0.2) is 44.0 Å². The Bertz CT molecular complexity index is 418. The quantitative estimate of drug-likeness (QED) is 0.614. The molecule has 5 nitrogen and oxygen atoms in total. The van der Waals surface area contributed by atoms with Gasteiger partial charge in [-0.15, -0.1) is 0 Å². The third kappa shape index (κ3) is 5.09. The highest BCUT2D eigenvalue weighted by Gasteiger charge is 2.22. The minimum absolute atomic E-state index is 0.108. The largest absolute Gasteiger partial charge is 0.464 e. The number of nitrogens with one attached hydrogen (secondary N) is 1. The van der Waals surface area contributed by atoms with Crippen molar-refractivity contribution < 1.29 is 14.3 Å². The summed E-state index contributed by atoms with van der Waals surface area (Å²) in [6, 6.07) is 9.19. The minimum atomic E-state index is -0.349. The molecule has 0 aliphatic carbocycles. The van der Waals surface area contributed by atoms with E-state index in [0.717, 1.165) is 5.56 Å². The molecular formula is C14H20N2O3. The first kappa shape index (κ1) is 15.2. The van der Waals surface area contributed by atoms with Crippen LogP contribution in [0.1, 0.15) is 18.5 Å². The molecule has 0 bridgehead atoms. The summed E-state index contributed by atoms with van der Waals surface area (Å²) in [7, 11) is 3.70. The number of rotatable bonds is 6. The molecule has 0 saturated carbocycles. The molecule has 1 aromatic rings. The second kappa shape index (κ2) is 7.53. The van der Waals surface area contributed by atoms with Gasteiger partial charge in [0, 0.05) is 6.92 Å². The molecule has 104 valence electrons. The van der Waals surface area contributed by atoms with Gasteiger partial charge in [0.2, 0.25) is 5.91 Å². The third-order valence-corrected chi connectivity index (χ3v) is 2.59. The van der Waals surface area contributed by atoms with Crippen molar-refractivity contribution in [2.24, 2.45) is 0 Å². The fraction of sp³-hybridized carbons (Fsp3) is 0.429. The maximum Gasteiger partial charge on any atom is 0.302 e. The van der Waals surface area contributed by atoms with Gasteiger partial charge in [-0.3, -0.25) is 14.5 Å². The van der Waals surface area contributed by atoms with Crippen LogP contribution in [0.2, 0.25) is 0 Å². The summed E-state index contributed by atoms with van der Waals surface area (Å²) in [6.07, 6.45) is 0. The molecule has 0 aromatic heterocycles. The number of esters is 1. The van der Waals surface area contributed by atoms with E-state index in [1.165, 1.54) is 6.92 Å². The van der Waals surface area contributed by atoms with Crippen LogP contribution in [0, 0.1) is 0 Å². The molecule has 0 saturated heterocycles. The molecule has 1 N–H and O–H groups in total. The topological polar surface area (TPSA) is 58.6 Å². The summed E-state index contributed by atoms with van der Waals surface area (Å²) in [6.45, 7) is 1.85. The average Bonchev–Trinajstić information content (AvgIpc) is 2.35. The molecule has 0 unspecified atom stereocenters. The van der Waals surface area contributed by atoms with E-state index in [-0.39, 0.29) is 24.5 Å². The number of likely N-dealkylation sites (N-methyl/N-ethyl adjacent to an activating group) is 1. The predicted molar refractivity (Wildman–Crippen MR) is 72.5 cm³/mol. The summed E-state index contributed by atoms with van der Waals surface area (Å²) >= 11 is 0. The molecule has 0 spiro atoms. The van der Waals surface area contributed by atoms with Crippen molar-refractivity contribution >= 4 is 11.9 Å². The van der Waals surface area contributed by atoms with Crippen LogP contribution in [0.3, 0.4) is 0 Å². The lowest BCUT2D eigenvalue weighted by Gasteiger charge is -2.23. The Morgan fingerprint density at radius 1 is 1.26 bits per heavy atom. The second-order valence-corrected chi connectivity index (χ2v) is 4.41. The van der Waals surface area contributed by atoms with E-state index in [4.69, 9.17) is 4.74 Å². The summed E-state index contributed by atoms with van der Waals surface area (Å²) in [5.74, 6) is -0.454. The van der Waals surface area contributed by atoms with Gasteiger partial charge in [-0.05, 0) is 19.7 Å². The third-order valence-electron chi connectivity index (χ3n) is 2.59. The standard InChI is InChI=1S/C14H20N2O3/c1-11(17)19-10-9-15-14(18)13(16(2)3)12-7-5-4-6-8-12/h4-8,13H,9-10H2,1-3H3,(H,15,18)/t13-/m0/s1. The van der Waals surface area contributed by atoms with Gasteiger partial charge in [-0.1, -0.05) is 30.3 Å². The van der Waals surface area contributed by atoms with E-state index in [0.29, 0.717) is 6.54 Å². The maximum absolute atomic E-state index is 12.1. The van der Waals surface area contributed by atoms with Gasteiger partial charge < -0.3 is 10.1 Å². The van der Waals surface area contributed by atoms with Crippen molar-refractivity contribution in [3.63, 3.8) is 0 Å². The first-order valence-corrected chi connectivity index (χ1v) is 6.15. The van der Waals surface area contributed by atoms with Gasteiger partial charge in [0.05, 0.1) is 6.54 Å². The Labute approximate surface area is 113 Å². The zero-order chi connectivity index (χ0) is 14.3. The van der Waals surface area contributed by atoms with Gasteiger partial charge in [0.25, 0.3) is 0 Å². The number of carbonyl (C=O) groups is 2. The van der Waals surface area contributed by atoms with Gasteiger partial charge in [-0.2, -0.15) is 0 Å². The van der Waals surface area contributed by atoms with Crippen molar-refractivity contribution in [2.45, 2.75) is 13.0 Å². The van der Waals surface area contributed by atoms with E-state index < -0.39 is 0 Å². The van der Waals surface area contributed by atoms with Crippen LogP contribution in [0.25, 0.3) is 0 Å². The number of hydrogen-bond donors (Lipinski definition) is 1. The van der Waals surface area contributed by atoms with Crippen molar-refractivity contribution in [2.75, 3.05) is 27.2 Å². The summed E-state index contributed by atoms with van der Waals surface area (Å²) < 4.78 is 4.77. The SMILES string of the molecule is CC(=O)OCCNC(=O)[C@H](c1ccccc1)N(C)C. The minimum Gasteiger partial charge on any atom is -0.464 e. The zero-order valence-corrected chi connectivity index (χ0v) is 11.6. The zero-order valence-electron chi connectivity index (χ0n) is 11.6. The Hall–Kier alpha value is -1.88. The van der Waals surface area contributed by atoms with Crippen LogP contribution < -0.4 is 5.32 Å². The van der Waals surface area contributed by atoms with Crippen molar-refractivity contribution in [3.05, 3.63) is 35.9 Å². The first-order valence-electron chi connectivity index (χ1n) is 6.15. The highest BCUT2D eigenvalue weighted by Crippen LogP contribution is 2.17. The molecule has 1 amide bonds. The van der Waals surface area contributed by atoms with Crippen molar-refractivity contribution in [3.8, 4) is 0 Å². The van der Waals surface area contributed by atoms with Gasteiger partial charge in [-0.25, -0.2) is 0 Å². The molecule has 0 radical (unpaired) electrons. The van der Waals surface area contributed by atoms with Gasteiger partial charge in [0.15, 0.2) is 0 Å². The lowest BCUT2D eigenvalue weighted by atomic mass is 10.1. The Balaban J connectivity index is 2.57. The molecule has 0 aliphatic heterocycles. The molecule has 0 aliphatic rings. The highest BCUT2D eigenvalue weighted by molar-refractivity contribution is 5.83. The fourth-order valence-electron chi connectivity index (χ4n) is 1.79. The molecule has 0 heterocycles. The number of amides is 1. The highest BCUT2D eigenvalue weighted by atomic mass is 16.5. The van der Waals surface area contributed by atoms with E-state index in [9.17, 15) is 9.59 Å². The van der Waals surface area contributed by atoms with E-state index in [2.05, 4.69) is 5.32 Å². The van der Waals surface area contributed by atoms with Crippen molar-refractivity contribution in [1.82, 2.24) is 10.2 Å². The number of ether oxygens (including phenoxy) is 1. The van der Waals surface area contributed by atoms with Crippen LogP contribution in [-0.2, 0) is 14.3 Å². The molecule has 0 fully saturated rings.